The van der Waals surface area contributed by atoms with Crippen LogP contribution in [0.2, 0.25) is 0 Å². The van der Waals surface area contributed by atoms with E-state index >= 15 is 0 Å². The fraction of sp³-hybridized carbons (Fsp3) is 0.190. The zero-order valence-electron chi connectivity index (χ0n) is 15.4. The summed E-state index contributed by atoms with van der Waals surface area (Å²) >= 11 is 0. The Morgan fingerprint density at radius 1 is 1.14 bits per heavy atom. The Morgan fingerprint density at radius 3 is 2.64 bits per heavy atom. The number of halogens is 1. The molecule has 0 spiro atoms. The molecule has 7 heteroatoms. The van der Waals surface area contributed by atoms with Crippen LogP contribution >= 0.6 is 0 Å². The summed E-state index contributed by atoms with van der Waals surface area (Å²) in [5.41, 5.74) is 2.07. The smallest absolute Gasteiger partial charge is 0.326 e. The van der Waals surface area contributed by atoms with Crippen molar-refractivity contribution in [1.29, 1.82) is 0 Å². The summed E-state index contributed by atoms with van der Waals surface area (Å²) in [7, 11) is 0. The third-order valence-electron chi connectivity index (χ3n) is 4.30. The van der Waals surface area contributed by atoms with Crippen molar-refractivity contribution in [2.24, 2.45) is 0 Å². The Bertz CT molecular complexity index is 1060. The van der Waals surface area contributed by atoms with Gasteiger partial charge in [-0.25, -0.2) is 4.39 Å². The molecule has 0 aliphatic carbocycles. The largest absolute Gasteiger partial charge is 0.453 e. The van der Waals surface area contributed by atoms with Gasteiger partial charge < -0.3 is 15.0 Å². The normalized spacial score (nSPS) is 11.8. The lowest BCUT2D eigenvalue weighted by atomic mass is 10.0. The number of Topliss-reactive ketones (excluding diaryl/α,β-unsaturated/α-hetero) is 1. The van der Waals surface area contributed by atoms with Gasteiger partial charge in [-0.1, -0.05) is 24.3 Å². The monoisotopic (exact) mass is 382 g/mol. The summed E-state index contributed by atoms with van der Waals surface area (Å²) in [5.74, 6) is -2.26. The van der Waals surface area contributed by atoms with Gasteiger partial charge in [0, 0.05) is 27.7 Å². The molecule has 144 valence electrons. The van der Waals surface area contributed by atoms with Crippen LogP contribution in [0.5, 0.6) is 0 Å². The molecule has 0 aliphatic heterocycles. The quantitative estimate of drug-likeness (QED) is 0.506. The fourth-order valence-corrected chi connectivity index (χ4v) is 2.97. The Morgan fingerprint density at radius 2 is 1.89 bits per heavy atom. The van der Waals surface area contributed by atoms with Gasteiger partial charge in [0.05, 0.1) is 0 Å². The van der Waals surface area contributed by atoms with E-state index in [1.165, 1.54) is 25.1 Å². The standard InChI is InChI=1S/C21H19FN2O4/c1-12-19(16-8-3-4-9-17(16)24-12)20(26)13(2)28-18(25)11-23-21(27)14-6-5-7-15(22)10-14/h3-10,13,24H,11H2,1-2H3,(H,23,27)/t13-/m0/s1. The van der Waals surface area contributed by atoms with Gasteiger partial charge in [0.15, 0.2) is 6.10 Å². The van der Waals surface area contributed by atoms with Gasteiger partial charge in [-0.05, 0) is 38.1 Å². The maximum atomic E-state index is 13.2. The number of benzene rings is 2. The SMILES string of the molecule is Cc1[nH]c2ccccc2c1C(=O)[C@H](C)OC(=O)CNC(=O)c1cccc(F)c1. The number of H-pyrrole nitrogens is 1. The molecular formula is C21H19FN2O4. The molecule has 3 rings (SSSR count). The maximum absolute atomic E-state index is 13.2. The van der Waals surface area contributed by atoms with Crippen LogP contribution in [0.1, 0.15) is 33.3 Å². The number of fused-ring (bicyclic) bond motifs is 1. The van der Waals surface area contributed by atoms with Crippen molar-refractivity contribution in [1.82, 2.24) is 10.3 Å². The molecule has 0 unspecified atom stereocenters. The summed E-state index contributed by atoms with van der Waals surface area (Å²) < 4.78 is 18.3. The molecule has 0 aliphatic rings. The summed E-state index contributed by atoms with van der Waals surface area (Å²) in [6, 6.07) is 12.5. The number of carbonyl (C=O) groups excluding carboxylic acids is 3. The molecule has 0 bridgehead atoms. The lowest BCUT2D eigenvalue weighted by Crippen LogP contribution is -2.34. The first-order chi connectivity index (χ1) is 13.4. The van der Waals surface area contributed by atoms with Crippen LogP contribution in [0.15, 0.2) is 48.5 Å². The molecule has 6 nitrogen and oxygen atoms in total. The number of hydrogen-bond acceptors (Lipinski definition) is 4. The zero-order chi connectivity index (χ0) is 20.3. The molecule has 3 aromatic rings. The Balaban J connectivity index is 1.61. The van der Waals surface area contributed by atoms with E-state index in [0.29, 0.717) is 11.3 Å². The highest BCUT2D eigenvalue weighted by molar-refractivity contribution is 6.11. The van der Waals surface area contributed by atoms with Crippen LogP contribution in [0.3, 0.4) is 0 Å². The minimum atomic E-state index is -1.02. The van der Waals surface area contributed by atoms with E-state index in [1.807, 2.05) is 24.3 Å². The van der Waals surface area contributed by atoms with Gasteiger partial charge in [0.1, 0.15) is 12.4 Å². The molecule has 1 aromatic heterocycles. The van der Waals surface area contributed by atoms with Crippen molar-refractivity contribution in [3.05, 3.63) is 71.2 Å². The number of amides is 1. The number of ketones is 1. The second kappa shape index (κ2) is 8.04. The number of esters is 1. The van der Waals surface area contributed by atoms with E-state index in [-0.39, 0.29) is 11.3 Å². The Hall–Kier alpha value is -3.48. The molecule has 1 atom stereocenters. The van der Waals surface area contributed by atoms with E-state index in [9.17, 15) is 18.8 Å². The topological polar surface area (TPSA) is 88.3 Å². The predicted molar refractivity (Wildman–Crippen MR) is 102 cm³/mol. The molecule has 2 N–H and O–H groups in total. The summed E-state index contributed by atoms with van der Waals surface area (Å²) in [6.45, 7) is 2.83. The minimum Gasteiger partial charge on any atom is -0.453 e. The molecule has 0 saturated heterocycles. The van der Waals surface area contributed by atoms with Crippen molar-refractivity contribution in [3.8, 4) is 0 Å². The Kier molecular flexibility index (Phi) is 5.54. The van der Waals surface area contributed by atoms with Crippen molar-refractivity contribution < 1.29 is 23.5 Å². The number of carbonyl (C=O) groups is 3. The van der Waals surface area contributed by atoms with Crippen molar-refractivity contribution in [3.63, 3.8) is 0 Å². The van der Waals surface area contributed by atoms with Crippen molar-refractivity contribution >= 4 is 28.6 Å². The van der Waals surface area contributed by atoms with E-state index in [4.69, 9.17) is 4.74 Å². The first kappa shape index (κ1) is 19.3. The maximum Gasteiger partial charge on any atom is 0.326 e. The molecule has 1 heterocycles. The first-order valence-corrected chi connectivity index (χ1v) is 8.71. The number of aryl methyl sites for hydroxylation is 1. The van der Waals surface area contributed by atoms with E-state index in [2.05, 4.69) is 10.3 Å². The molecule has 0 fully saturated rings. The summed E-state index contributed by atoms with van der Waals surface area (Å²) in [5, 5.41) is 3.11. The van der Waals surface area contributed by atoms with Crippen LogP contribution in [0.4, 0.5) is 4.39 Å². The molecule has 1 amide bonds. The van der Waals surface area contributed by atoms with Crippen LogP contribution in [0, 0.1) is 12.7 Å². The van der Waals surface area contributed by atoms with E-state index in [0.717, 1.165) is 17.0 Å². The average Bonchev–Trinajstić information content (AvgIpc) is 3.01. The average molecular weight is 382 g/mol. The lowest BCUT2D eigenvalue weighted by molar-refractivity contribution is -0.145. The van der Waals surface area contributed by atoms with Crippen LogP contribution < -0.4 is 5.32 Å². The van der Waals surface area contributed by atoms with Gasteiger partial charge in [0.25, 0.3) is 5.91 Å². The van der Waals surface area contributed by atoms with Gasteiger partial charge in [-0.15, -0.1) is 0 Å². The second-order valence-electron chi connectivity index (χ2n) is 6.36. The Labute approximate surface area is 160 Å². The molecule has 0 saturated carbocycles. The van der Waals surface area contributed by atoms with E-state index < -0.39 is 30.3 Å². The number of para-hydroxylation sites is 1. The van der Waals surface area contributed by atoms with Crippen LogP contribution in [0.25, 0.3) is 10.9 Å². The molecule has 2 aromatic carbocycles. The van der Waals surface area contributed by atoms with Crippen LogP contribution in [-0.4, -0.2) is 35.3 Å². The molecular weight excluding hydrogens is 363 g/mol. The highest BCUT2D eigenvalue weighted by Gasteiger charge is 2.24. The predicted octanol–water partition coefficient (Wildman–Crippen LogP) is 3.16. The number of aromatic amines is 1. The van der Waals surface area contributed by atoms with E-state index in [1.54, 1.807) is 6.92 Å². The second-order valence-corrected chi connectivity index (χ2v) is 6.36. The number of ether oxygens (including phenoxy) is 1. The van der Waals surface area contributed by atoms with Gasteiger partial charge in [-0.3, -0.25) is 14.4 Å². The van der Waals surface area contributed by atoms with Crippen LogP contribution in [-0.2, 0) is 9.53 Å². The third kappa shape index (κ3) is 4.09. The molecule has 0 radical (unpaired) electrons. The van der Waals surface area contributed by atoms with Crippen molar-refractivity contribution in [2.45, 2.75) is 20.0 Å². The fourth-order valence-electron chi connectivity index (χ4n) is 2.97. The molecule has 28 heavy (non-hydrogen) atoms. The lowest BCUT2D eigenvalue weighted by Gasteiger charge is -2.13. The first-order valence-electron chi connectivity index (χ1n) is 8.71. The van der Waals surface area contributed by atoms with Gasteiger partial charge in [-0.2, -0.15) is 0 Å². The minimum absolute atomic E-state index is 0.0892. The number of aromatic nitrogens is 1. The highest BCUT2D eigenvalue weighted by atomic mass is 19.1. The number of rotatable bonds is 6. The van der Waals surface area contributed by atoms with Crippen molar-refractivity contribution in [2.75, 3.05) is 6.54 Å². The summed E-state index contributed by atoms with van der Waals surface area (Å²) in [4.78, 5) is 39.8. The zero-order valence-corrected chi connectivity index (χ0v) is 15.4. The number of nitrogens with one attached hydrogen (secondary N) is 2. The highest BCUT2D eigenvalue weighted by Crippen LogP contribution is 2.23. The number of hydrogen-bond donors (Lipinski definition) is 2. The van der Waals surface area contributed by atoms with Gasteiger partial charge >= 0.3 is 5.97 Å². The third-order valence-corrected chi connectivity index (χ3v) is 4.30. The van der Waals surface area contributed by atoms with Gasteiger partial charge in [0.2, 0.25) is 5.78 Å². The summed E-state index contributed by atoms with van der Waals surface area (Å²) in [6.07, 6.45) is -1.02.